The Balaban J connectivity index is 1.47. The summed E-state index contributed by atoms with van der Waals surface area (Å²) in [7, 11) is 0. The predicted octanol–water partition coefficient (Wildman–Crippen LogP) is 2.78. The third-order valence-corrected chi connectivity index (χ3v) is 5.29. The summed E-state index contributed by atoms with van der Waals surface area (Å²) < 4.78 is 0. The molecule has 2 heteroatoms. The highest BCUT2D eigenvalue weighted by Gasteiger charge is 2.37. The third-order valence-electron chi connectivity index (χ3n) is 5.29. The molecule has 0 spiro atoms. The molecule has 3 aliphatic rings. The van der Waals surface area contributed by atoms with Gasteiger partial charge >= 0.3 is 0 Å². The van der Waals surface area contributed by atoms with E-state index >= 15 is 0 Å². The second-order valence-corrected chi connectivity index (χ2v) is 7.14. The van der Waals surface area contributed by atoms with E-state index in [-0.39, 0.29) is 0 Å². The van der Waals surface area contributed by atoms with Gasteiger partial charge in [0.15, 0.2) is 0 Å². The molecule has 3 rings (SSSR count). The summed E-state index contributed by atoms with van der Waals surface area (Å²) in [5.41, 5.74) is 0.535. The van der Waals surface area contributed by atoms with E-state index in [1.165, 1.54) is 58.0 Å². The summed E-state index contributed by atoms with van der Waals surface area (Å²) in [6, 6.07) is 2.55. The van der Waals surface area contributed by atoms with Gasteiger partial charge in [0.2, 0.25) is 0 Å². The second-order valence-electron chi connectivity index (χ2n) is 7.14. The highest BCUT2D eigenvalue weighted by molar-refractivity contribution is 4.94. The summed E-state index contributed by atoms with van der Waals surface area (Å²) in [6.07, 6.45) is 9.92. The Morgan fingerprint density at radius 1 is 1.00 bits per heavy atom. The lowest BCUT2D eigenvalue weighted by Crippen LogP contribution is -2.49. The molecule has 0 radical (unpaired) electrons. The van der Waals surface area contributed by atoms with E-state index in [4.69, 9.17) is 0 Å². The molecule has 1 aliphatic heterocycles. The van der Waals surface area contributed by atoms with E-state index in [9.17, 15) is 0 Å². The Labute approximate surface area is 106 Å². The number of nitrogens with zero attached hydrogens (tertiary/aromatic N) is 1. The van der Waals surface area contributed by atoms with Crippen molar-refractivity contribution in [3.63, 3.8) is 0 Å². The van der Waals surface area contributed by atoms with Crippen LogP contribution in [0.3, 0.4) is 0 Å². The average molecular weight is 236 g/mol. The van der Waals surface area contributed by atoms with Crippen molar-refractivity contribution in [2.45, 2.75) is 76.9 Å². The topological polar surface area (TPSA) is 15.3 Å². The zero-order valence-electron chi connectivity index (χ0n) is 11.5. The van der Waals surface area contributed by atoms with Crippen LogP contribution in [0.1, 0.15) is 58.8 Å². The van der Waals surface area contributed by atoms with Crippen molar-refractivity contribution in [3.05, 3.63) is 0 Å². The quantitative estimate of drug-likeness (QED) is 0.810. The maximum absolute atomic E-state index is 3.96. The van der Waals surface area contributed by atoms with E-state index < -0.39 is 0 Å². The summed E-state index contributed by atoms with van der Waals surface area (Å²) in [5.74, 6) is 0. The highest BCUT2D eigenvalue weighted by Crippen LogP contribution is 2.38. The van der Waals surface area contributed by atoms with E-state index in [0.717, 1.165) is 18.1 Å². The number of hydrogen-bond acceptors (Lipinski definition) is 2. The summed E-state index contributed by atoms with van der Waals surface area (Å²) in [4.78, 5) is 2.72. The molecule has 0 aromatic heterocycles. The Kier molecular flexibility index (Phi) is 3.20. The number of nitrogens with one attached hydrogen (secondary N) is 1. The third kappa shape index (κ3) is 2.68. The molecule has 3 fully saturated rings. The summed E-state index contributed by atoms with van der Waals surface area (Å²) in [5, 5.41) is 3.96. The first-order chi connectivity index (χ1) is 8.15. The highest BCUT2D eigenvalue weighted by atomic mass is 15.2. The van der Waals surface area contributed by atoms with Gasteiger partial charge in [-0.15, -0.1) is 0 Å². The Morgan fingerprint density at radius 2 is 1.71 bits per heavy atom. The van der Waals surface area contributed by atoms with Crippen LogP contribution in [0.2, 0.25) is 0 Å². The van der Waals surface area contributed by atoms with Crippen molar-refractivity contribution in [2.24, 2.45) is 5.41 Å². The van der Waals surface area contributed by atoms with E-state index in [1.54, 1.807) is 0 Å². The second kappa shape index (κ2) is 4.55. The molecule has 17 heavy (non-hydrogen) atoms. The molecular formula is C15H28N2. The van der Waals surface area contributed by atoms with Gasteiger partial charge in [-0.05, 0) is 57.0 Å². The minimum atomic E-state index is 0.535. The largest absolute Gasteiger partial charge is 0.311 e. The number of rotatable bonds is 3. The van der Waals surface area contributed by atoms with Gasteiger partial charge in [0.1, 0.15) is 0 Å². The molecule has 98 valence electrons. The minimum Gasteiger partial charge on any atom is -0.311 e. The van der Waals surface area contributed by atoms with Crippen LogP contribution in [0.4, 0.5) is 0 Å². The normalized spacial score (nSPS) is 35.3. The van der Waals surface area contributed by atoms with Crippen LogP contribution in [0.15, 0.2) is 0 Å². The number of piperidine rings is 1. The van der Waals surface area contributed by atoms with Crippen LogP contribution in [0.5, 0.6) is 0 Å². The molecule has 1 unspecified atom stereocenters. The van der Waals surface area contributed by atoms with Crippen LogP contribution in [-0.4, -0.2) is 36.1 Å². The van der Waals surface area contributed by atoms with Crippen LogP contribution in [-0.2, 0) is 0 Å². The molecule has 1 N–H and O–H groups in total. The van der Waals surface area contributed by atoms with Crippen LogP contribution in [0, 0.1) is 5.41 Å². The predicted molar refractivity (Wildman–Crippen MR) is 72.2 cm³/mol. The molecule has 2 saturated carbocycles. The lowest BCUT2D eigenvalue weighted by Gasteiger charge is -2.37. The first-order valence-corrected chi connectivity index (χ1v) is 7.65. The van der Waals surface area contributed by atoms with Gasteiger partial charge in [-0.2, -0.15) is 0 Å². The Morgan fingerprint density at radius 3 is 2.24 bits per heavy atom. The van der Waals surface area contributed by atoms with Crippen molar-refractivity contribution >= 4 is 0 Å². The molecule has 0 bridgehead atoms. The van der Waals surface area contributed by atoms with E-state index in [2.05, 4.69) is 24.1 Å². The fraction of sp³-hybridized carbons (Fsp3) is 1.00. The van der Waals surface area contributed by atoms with Crippen LogP contribution < -0.4 is 5.32 Å². The monoisotopic (exact) mass is 236 g/mol. The maximum Gasteiger partial charge on any atom is 0.0121 e. The number of likely N-dealkylation sites (tertiary alicyclic amines) is 1. The van der Waals surface area contributed by atoms with Gasteiger partial charge in [0.25, 0.3) is 0 Å². The van der Waals surface area contributed by atoms with Crippen molar-refractivity contribution in [3.8, 4) is 0 Å². The SMILES string of the molecule is CC1(C)CCCC1NC1CCN(C2CC2)CC1. The molecule has 1 atom stereocenters. The van der Waals surface area contributed by atoms with E-state index in [1.807, 2.05) is 0 Å². The first-order valence-electron chi connectivity index (χ1n) is 7.65. The average Bonchev–Trinajstić information content (AvgIpc) is 3.08. The smallest absolute Gasteiger partial charge is 0.0121 e. The Bertz CT molecular complexity index is 262. The van der Waals surface area contributed by atoms with Crippen LogP contribution in [0.25, 0.3) is 0 Å². The zero-order chi connectivity index (χ0) is 11.9. The van der Waals surface area contributed by atoms with Gasteiger partial charge in [0.05, 0.1) is 0 Å². The standard InChI is InChI=1S/C15H28N2/c1-15(2)9-3-4-14(15)16-12-7-10-17(11-8-12)13-5-6-13/h12-14,16H,3-11H2,1-2H3. The fourth-order valence-corrected chi connectivity index (χ4v) is 3.79. The maximum atomic E-state index is 3.96. The van der Waals surface area contributed by atoms with Crippen molar-refractivity contribution in [1.29, 1.82) is 0 Å². The molecular weight excluding hydrogens is 208 g/mol. The summed E-state index contributed by atoms with van der Waals surface area (Å²) in [6.45, 7) is 7.57. The zero-order valence-corrected chi connectivity index (χ0v) is 11.5. The molecule has 2 nitrogen and oxygen atoms in total. The molecule has 0 aromatic carbocycles. The van der Waals surface area contributed by atoms with Crippen molar-refractivity contribution in [2.75, 3.05) is 13.1 Å². The minimum absolute atomic E-state index is 0.535. The van der Waals surface area contributed by atoms with Crippen molar-refractivity contribution < 1.29 is 0 Å². The first kappa shape index (κ1) is 12.0. The van der Waals surface area contributed by atoms with Gasteiger partial charge in [-0.1, -0.05) is 20.3 Å². The van der Waals surface area contributed by atoms with Gasteiger partial charge in [-0.25, -0.2) is 0 Å². The lowest BCUT2D eigenvalue weighted by molar-refractivity contribution is 0.165. The molecule has 1 saturated heterocycles. The molecule has 2 aliphatic carbocycles. The lowest BCUT2D eigenvalue weighted by atomic mass is 9.86. The molecule has 0 amide bonds. The van der Waals surface area contributed by atoms with Gasteiger partial charge in [0, 0.05) is 18.1 Å². The van der Waals surface area contributed by atoms with E-state index in [0.29, 0.717) is 5.41 Å². The van der Waals surface area contributed by atoms with Crippen LogP contribution >= 0.6 is 0 Å². The molecule has 1 heterocycles. The Hall–Kier alpha value is -0.0800. The van der Waals surface area contributed by atoms with Gasteiger partial charge in [-0.3, -0.25) is 0 Å². The van der Waals surface area contributed by atoms with Crippen molar-refractivity contribution in [1.82, 2.24) is 10.2 Å². The number of hydrogen-bond donors (Lipinski definition) is 1. The van der Waals surface area contributed by atoms with Gasteiger partial charge < -0.3 is 10.2 Å². The molecule has 0 aromatic rings. The summed E-state index contributed by atoms with van der Waals surface area (Å²) >= 11 is 0. The fourth-order valence-electron chi connectivity index (χ4n) is 3.79.